The number of carbonyl (C=O) groups excluding carboxylic acids is 1. The Morgan fingerprint density at radius 1 is 1.24 bits per heavy atom. The van der Waals surface area contributed by atoms with Crippen molar-refractivity contribution in [1.82, 2.24) is 14.1 Å². The fraction of sp³-hybridized carbons (Fsp3) is 0.360. The predicted molar refractivity (Wildman–Crippen MR) is 134 cm³/mol. The van der Waals surface area contributed by atoms with Gasteiger partial charge in [0.05, 0.1) is 18.2 Å². The van der Waals surface area contributed by atoms with Crippen molar-refractivity contribution in [3.8, 4) is 0 Å². The van der Waals surface area contributed by atoms with Gasteiger partial charge in [0.25, 0.3) is 5.56 Å². The van der Waals surface area contributed by atoms with Gasteiger partial charge >= 0.3 is 5.69 Å². The Bertz CT molecular complexity index is 1500. The Hall–Kier alpha value is -3.30. The van der Waals surface area contributed by atoms with Crippen LogP contribution in [-0.4, -0.2) is 39.3 Å². The standard InChI is InChI=1S/C25H26N4O4S/c1-3-27(17-8-4-7-16(2)13-17)20(30)15-28-21-19-10-5-11-26-23(19)34-22(21)24(31)29(25(28)32)14-18-9-6-12-33-18/h4-5,7-8,10-11,13,18H,3,6,9,12,14-15H2,1-2H3/t18-/m1/s1. The minimum absolute atomic E-state index is 0.177. The summed E-state index contributed by atoms with van der Waals surface area (Å²) in [5.41, 5.74) is 1.45. The number of pyridine rings is 1. The van der Waals surface area contributed by atoms with E-state index in [0.717, 1.165) is 24.1 Å². The molecule has 4 heterocycles. The van der Waals surface area contributed by atoms with Gasteiger partial charge in [0, 0.05) is 30.4 Å². The first-order valence-corrected chi connectivity index (χ1v) is 12.3. The van der Waals surface area contributed by atoms with E-state index in [1.54, 1.807) is 17.2 Å². The second-order valence-electron chi connectivity index (χ2n) is 8.53. The molecule has 0 N–H and O–H groups in total. The summed E-state index contributed by atoms with van der Waals surface area (Å²) in [7, 11) is 0. The first kappa shape index (κ1) is 22.5. The van der Waals surface area contributed by atoms with E-state index in [9.17, 15) is 14.4 Å². The lowest BCUT2D eigenvalue weighted by Crippen LogP contribution is -2.44. The van der Waals surface area contributed by atoms with Gasteiger partial charge < -0.3 is 9.64 Å². The largest absolute Gasteiger partial charge is 0.376 e. The number of aryl methyl sites for hydroxylation is 1. The van der Waals surface area contributed by atoms with Crippen LogP contribution >= 0.6 is 11.3 Å². The van der Waals surface area contributed by atoms with E-state index in [1.165, 1.54) is 20.5 Å². The zero-order valence-corrected chi connectivity index (χ0v) is 20.0. The van der Waals surface area contributed by atoms with Crippen LogP contribution in [0.1, 0.15) is 25.3 Å². The van der Waals surface area contributed by atoms with Crippen molar-refractivity contribution in [1.29, 1.82) is 0 Å². The normalized spacial score (nSPS) is 15.9. The molecule has 0 aliphatic carbocycles. The average Bonchev–Trinajstić information content (AvgIpc) is 3.48. The van der Waals surface area contributed by atoms with Crippen LogP contribution in [0.5, 0.6) is 0 Å². The summed E-state index contributed by atoms with van der Waals surface area (Å²) in [6.07, 6.45) is 3.18. The molecule has 9 heteroatoms. The maximum atomic E-state index is 13.7. The number of thiophene rings is 1. The molecule has 1 atom stereocenters. The minimum Gasteiger partial charge on any atom is -0.376 e. The first-order chi connectivity index (χ1) is 16.5. The molecule has 8 nitrogen and oxygen atoms in total. The van der Waals surface area contributed by atoms with Gasteiger partial charge in [0.2, 0.25) is 5.91 Å². The number of fused-ring (bicyclic) bond motifs is 3. The highest BCUT2D eigenvalue weighted by atomic mass is 32.1. The molecule has 1 aliphatic rings. The number of hydrogen-bond donors (Lipinski definition) is 0. The Labute approximate surface area is 200 Å². The van der Waals surface area contributed by atoms with Gasteiger partial charge in [-0.3, -0.25) is 18.7 Å². The van der Waals surface area contributed by atoms with Crippen molar-refractivity contribution in [2.45, 2.75) is 45.9 Å². The maximum Gasteiger partial charge on any atom is 0.332 e. The van der Waals surface area contributed by atoms with Crippen LogP contribution in [0.3, 0.4) is 0 Å². The molecule has 1 amide bonds. The molecule has 0 bridgehead atoms. The molecule has 34 heavy (non-hydrogen) atoms. The number of hydrogen-bond acceptors (Lipinski definition) is 6. The summed E-state index contributed by atoms with van der Waals surface area (Å²) >= 11 is 1.25. The third kappa shape index (κ3) is 3.95. The molecule has 1 fully saturated rings. The van der Waals surface area contributed by atoms with E-state index in [4.69, 9.17) is 4.74 Å². The van der Waals surface area contributed by atoms with Crippen molar-refractivity contribution in [3.63, 3.8) is 0 Å². The summed E-state index contributed by atoms with van der Waals surface area (Å²) in [6.45, 7) is 4.97. The van der Waals surface area contributed by atoms with Gasteiger partial charge in [-0.2, -0.15) is 0 Å². The van der Waals surface area contributed by atoms with Gasteiger partial charge in [0.1, 0.15) is 16.1 Å². The molecule has 0 unspecified atom stereocenters. The van der Waals surface area contributed by atoms with Crippen molar-refractivity contribution in [3.05, 3.63) is 69.0 Å². The van der Waals surface area contributed by atoms with Gasteiger partial charge in [-0.15, -0.1) is 11.3 Å². The van der Waals surface area contributed by atoms with Crippen LogP contribution in [0.25, 0.3) is 20.4 Å². The number of rotatable bonds is 6. The monoisotopic (exact) mass is 478 g/mol. The van der Waals surface area contributed by atoms with Crippen LogP contribution in [-0.2, 0) is 22.6 Å². The second kappa shape index (κ2) is 9.15. The predicted octanol–water partition coefficient (Wildman–Crippen LogP) is 3.31. The number of anilines is 1. The van der Waals surface area contributed by atoms with E-state index in [1.807, 2.05) is 44.2 Å². The molecular formula is C25H26N4O4S. The number of ether oxygens (including phenoxy) is 1. The molecule has 1 saturated heterocycles. The van der Waals surface area contributed by atoms with E-state index in [2.05, 4.69) is 4.98 Å². The quantitative estimate of drug-likeness (QED) is 0.424. The summed E-state index contributed by atoms with van der Waals surface area (Å²) in [5.74, 6) is -0.220. The van der Waals surface area contributed by atoms with Crippen molar-refractivity contribution in [2.75, 3.05) is 18.1 Å². The molecule has 0 saturated carbocycles. The molecule has 5 rings (SSSR count). The van der Waals surface area contributed by atoms with Gasteiger partial charge in [-0.05, 0) is 56.5 Å². The summed E-state index contributed by atoms with van der Waals surface area (Å²) in [4.78, 5) is 47.2. The van der Waals surface area contributed by atoms with Crippen LogP contribution in [0, 0.1) is 6.92 Å². The molecule has 3 aromatic heterocycles. The number of amides is 1. The molecule has 1 aliphatic heterocycles. The van der Waals surface area contributed by atoms with E-state index in [0.29, 0.717) is 33.6 Å². The highest BCUT2D eigenvalue weighted by Gasteiger charge is 2.25. The topological polar surface area (TPSA) is 86.4 Å². The number of benzene rings is 1. The van der Waals surface area contributed by atoms with Gasteiger partial charge in [-0.25, -0.2) is 9.78 Å². The fourth-order valence-corrected chi connectivity index (χ4v) is 5.70. The molecule has 4 aromatic rings. The number of nitrogens with zero attached hydrogens (tertiary/aromatic N) is 4. The number of aromatic nitrogens is 3. The van der Waals surface area contributed by atoms with E-state index < -0.39 is 5.69 Å². The lowest BCUT2D eigenvalue weighted by Gasteiger charge is -2.23. The Morgan fingerprint density at radius 2 is 2.09 bits per heavy atom. The highest BCUT2D eigenvalue weighted by Crippen LogP contribution is 2.29. The molecule has 0 spiro atoms. The van der Waals surface area contributed by atoms with E-state index in [-0.39, 0.29) is 30.7 Å². The Morgan fingerprint density at radius 3 is 2.82 bits per heavy atom. The smallest absolute Gasteiger partial charge is 0.332 e. The number of likely N-dealkylation sites (N-methyl/N-ethyl adjacent to an activating group) is 1. The van der Waals surface area contributed by atoms with Crippen LogP contribution in [0.4, 0.5) is 5.69 Å². The summed E-state index contributed by atoms with van der Waals surface area (Å²) in [6, 6.07) is 11.3. The zero-order chi connectivity index (χ0) is 23.8. The Kier molecular flexibility index (Phi) is 6.05. The van der Waals surface area contributed by atoms with Crippen LogP contribution in [0.2, 0.25) is 0 Å². The molecule has 1 aromatic carbocycles. The van der Waals surface area contributed by atoms with Crippen LogP contribution < -0.4 is 16.1 Å². The van der Waals surface area contributed by atoms with Crippen molar-refractivity contribution in [2.24, 2.45) is 0 Å². The summed E-state index contributed by atoms with van der Waals surface area (Å²) < 4.78 is 8.78. The third-order valence-corrected chi connectivity index (χ3v) is 7.34. The molecule has 176 valence electrons. The average molecular weight is 479 g/mol. The second-order valence-corrected chi connectivity index (χ2v) is 9.53. The third-order valence-electron chi connectivity index (χ3n) is 6.25. The Balaban J connectivity index is 1.66. The van der Waals surface area contributed by atoms with Crippen molar-refractivity contribution >= 4 is 43.4 Å². The molecular weight excluding hydrogens is 452 g/mol. The maximum absolute atomic E-state index is 13.7. The minimum atomic E-state index is -0.495. The first-order valence-electron chi connectivity index (χ1n) is 11.5. The van der Waals surface area contributed by atoms with Gasteiger partial charge in [0.15, 0.2) is 0 Å². The SMILES string of the molecule is CCN(C(=O)Cn1c(=O)n(C[C@H]2CCCO2)c(=O)c2sc3ncccc3c21)c1cccc(C)c1. The van der Waals surface area contributed by atoms with Crippen molar-refractivity contribution < 1.29 is 9.53 Å². The lowest BCUT2D eigenvalue weighted by molar-refractivity contribution is -0.119. The lowest BCUT2D eigenvalue weighted by atomic mass is 10.2. The zero-order valence-electron chi connectivity index (χ0n) is 19.2. The molecule has 0 radical (unpaired) electrons. The fourth-order valence-electron chi connectivity index (χ4n) is 4.60. The summed E-state index contributed by atoms with van der Waals surface area (Å²) in [5, 5.41) is 0.701. The van der Waals surface area contributed by atoms with Gasteiger partial charge in [-0.1, -0.05) is 12.1 Å². The van der Waals surface area contributed by atoms with Crippen LogP contribution in [0.15, 0.2) is 52.2 Å². The highest BCUT2D eigenvalue weighted by molar-refractivity contribution is 7.25. The van der Waals surface area contributed by atoms with E-state index >= 15 is 0 Å². The number of carbonyl (C=O) groups is 1.